The Kier molecular flexibility index (Phi) is 2.26. The normalized spacial score (nSPS) is 27.7. The van der Waals surface area contributed by atoms with Crippen LogP contribution in [0.25, 0.3) is 0 Å². The minimum atomic E-state index is 0.282. The Labute approximate surface area is 95.9 Å². The van der Waals surface area contributed by atoms with Crippen molar-refractivity contribution in [3.63, 3.8) is 0 Å². The van der Waals surface area contributed by atoms with E-state index in [-0.39, 0.29) is 6.04 Å². The quantitative estimate of drug-likeness (QED) is 0.808. The third-order valence-electron chi connectivity index (χ3n) is 3.44. The summed E-state index contributed by atoms with van der Waals surface area (Å²) in [6.07, 6.45) is 0. The van der Waals surface area contributed by atoms with Crippen molar-refractivity contribution >= 4 is 0 Å². The lowest BCUT2D eigenvalue weighted by molar-refractivity contribution is 0.982. The molecule has 0 heterocycles. The minimum absolute atomic E-state index is 0.282. The highest BCUT2D eigenvalue weighted by atomic mass is 14.8. The average Bonchev–Trinajstić information content (AvgIpc) is 3.03. The van der Waals surface area contributed by atoms with Gasteiger partial charge in [-0.3, -0.25) is 0 Å². The highest BCUT2D eigenvalue weighted by Gasteiger charge is 2.48. The summed E-state index contributed by atoms with van der Waals surface area (Å²) in [5.41, 5.74) is 8.90. The molecule has 1 heteroatoms. The number of rotatable bonds is 2. The summed E-state index contributed by atoms with van der Waals surface area (Å²) in [7, 11) is 0. The first-order chi connectivity index (χ1) is 7.88. The van der Waals surface area contributed by atoms with Gasteiger partial charge in [0.2, 0.25) is 0 Å². The van der Waals surface area contributed by atoms with Gasteiger partial charge < -0.3 is 5.73 Å². The second-order valence-corrected chi connectivity index (χ2v) is 4.45. The highest BCUT2D eigenvalue weighted by molar-refractivity contribution is 5.41. The van der Waals surface area contributed by atoms with Crippen molar-refractivity contribution < 1.29 is 0 Å². The maximum absolute atomic E-state index is 6.17. The van der Waals surface area contributed by atoms with E-state index in [4.69, 9.17) is 5.73 Å². The molecule has 2 aromatic rings. The van der Waals surface area contributed by atoms with Crippen LogP contribution in [-0.4, -0.2) is 6.04 Å². The van der Waals surface area contributed by atoms with Crippen LogP contribution in [-0.2, 0) is 0 Å². The molecule has 0 bridgehead atoms. The van der Waals surface area contributed by atoms with Gasteiger partial charge in [-0.1, -0.05) is 60.7 Å². The summed E-state index contributed by atoms with van der Waals surface area (Å²) in [6, 6.07) is 21.4. The van der Waals surface area contributed by atoms with E-state index in [1.807, 2.05) is 0 Å². The maximum atomic E-state index is 6.17. The van der Waals surface area contributed by atoms with E-state index in [0.29, 0.717) is 11.8 Å². The fraction of sp³-hybridized carbons (Fsp3) is 0.200. The molecule has 0 aliphatic heterocycles. The van der Waals surface area contributed by atoms with Gasteiger partial charge in [0.1, 0.15) is 0 Å². The lowest BCUT2D eigenvalue weighted by atomic mass is 10.0. The zero-order chi connectivity index (χ0) is 11.0. The zero-order valence-corrected chi connectivity index (χ0v) is 9.08. The molecule has 1 nitrogen and oxygen atoms in total. The zero-order valence-electron chi connectivity index (χ0n) is 9.08. The van der Waals surface area contributed by atoms with Gasteiger partial charge in [0.25, 0.3) is 0 Å². The summed E-state index contributed by atoms with van der Waals surface area (Å²) in [5, 5.41) is 0. The van der Waals surface area contributed by atoms with Crippen molar-refractivity contribution in [3.8, 4) is 0 Å². The van der Waals surface area contributed by atoms with E-state index in [9.17, 15) is 0 Å². The summed E-state index contributed by atoms with van der Waals surface area (Å²) >= 11 is 0. The van der Waals surface area contributed by atoms with Crippen LogP contribution in [0.3, 0.4) is 0 Å². The van der Waals surface area contributed by atoms with Gasteiger partial charge in [-0.25, -0.2) is 0 Å². The molecule has 1 aliphatic carbocycles. The molecular formula is C15H15N. The Hall–Kier alpha value is -1.60. The topological polar surface area (TPSA) is 26.0 Å². The highest BCUT2D eigenvalue weighted by Crippen LogP contribution is 2.53. The molecule has 1 fully saturated rings. The molecule has 2 atom stereocenters. The SMILES string of the molecule is NC1C(c2ccccc2)C1c1ccccc1. The Morgan fingerprint density at radius 1 is 0.625 bits per heavy atom. The molecule has 16 heavy (non-hydrogen) atoms. The monoisotopic (exact) mass is 209 g/mol. The molecule has 0 radical (unpaired) electrons. The predicted molar refractivity (Wildman–Crippen MR) is 66.3 cm³/mol. The van der Waals surface area contributed by atoms with Crippen LogP contribution >= 0.6 is 0 Å². The second kappa shape index (κ2) is 3.76. The summed E-state index contributed by atoms with van der Waals surface area (Å²) in [5.74, 6) is 1.01. The standard InChI is InChI=1S/C15H15N/c16-15-13(11-7-3-1-4-8-11)14(15)12-9-5-2-6-10-12/h1-10,13-15H,16H2. The molecule has 2 aromatic carbocycles. The summed E-state index contributed by atoms with van der Waals surface area (Å²) < 4.78 is 0. The Bertz CT molecular complexity index is 418. The molecule has 80 valence electrons. The van der Waals surface area contributed by atoms with E-state index >= 15 is 0 Å². The molecule has 0 amide bonds. The van der Waals surface area contributed by atoms with Crippen molar-refractivity contribution in [2.24, 2.45) is 5.73 Å². The summed E-state index contributed by atoms with van der Waals surface area (Å²) in [6.45, 7) is 0. The Morgan fingerprint density at radius 2 is 1.00 bits per heavy atom. The third kappa shape index (κ3) is 1.54. The molecule has 0 spiro atoms. The van der Waals surface area contributed by atoms with Crippen LogP contribution in [0.5, 0.6) is 0 Å². The fourth-order valence-corrected chi connectivity index (χ4v) is 2.54. The Balaban J connectivity index is 1.87. The van der Waals surface area contributed by atoms with Gasteiger partial charge in [-0.05, 0) is 11.1 Å². The molecule has 1 saturated carbocycles. The van der Waals surface area contributed by atoms with E-state index in [2.05, 4.69) is 60.7 Å². The van der Waals surface area contributed by atoms with Gasteiger partial charge in [-0.2, -0.15) is 0 Å². The van der Waals surface area contributed by atoms with Crippen molar-refractivity contribution in [1.29, 1.82) is 0 Å². The molecule has 2 N–H and O–H groups in total. The lowest BCUT2D eigenvalue weighted by Crippen LogP contribution is -2.02. The van der Waals surface area contributed by atoms with Crippen LogP contribution in [0.4, 0.5) is 0 Å². The second-order valence-electron chi connectivity index (χ2n) is 4.45. The number of nitrogens with two attached hydrogens (primary N) is 1. The lowest BCUT2D eigenvalue weighted by Gasteiger charge is -1.99. The third-order valence-corrected chi connectivity index (χ3v) is 3.44. The first-order valence-electron chi connectivity index (χ1n) is 5.73. The van der Waals surface area contributed by atoms with E-state index in [0.717, 1.165) is 0 Å². The minimum Gasteiger partial charge on any atom is -0.327 e. The van der Waals surface area contributed by atoms with Crippen molar-refractivity contribution in [2.45, 2.75) is 17.9 Å². The van der Waals surface area contributed by atoms with Crippen LogP contribution in [0, 0.1) is 0 Å². The van der Waals surface area contributed by atoms with Crippen LogP contribution in [0.2, 0.25) is 0 Å². The average molecular weight is 209 g/mol. The van der Waals surface area contributed by atoms with Crippen molar-refractivity contribution in [3.05, 3.63) is 71.8 Å². The predicted octanol–water partition coefficient (Wildman–Crippen LogP) is 2.89. The first-order valence-corrected chi connectivity index (χ1v) is 5.73. The molecular weight excluding hydrogens is 194 g/mol. The fourth-order valence-electron chi connectivity index (χ4n) is 2.54. The van der Waals surface area contributed by atoms with E-state index < -0.39 is 0 Å². The van der Waals surface area contributed by atoms with Crippen LogP contribution in [0.1, 0.15) is 23.0 Å². The molecule has 2 unspecified atom stereocenters. The number of hydrogen-bond donors (Lipinski definition) is 1. The molecule has 3 rings (SSSR count). The van der Waals surface area contributed by atoms with E-state index in [1.165, 1.54) is 11.1 Å². The van der Waals surface area contributed by atoms with Gasteiger partial charge in [0, 0.05) is 17.9 Å². The first kappa shape index (κ1) is 9.61. The van der Waals surface area contributed by atoms with Gasteiger partial charge in [-0.15, -0.1) is 0 Å². The molecule has 0 saturated heterocycles. The smallest absolute Gasteiger partial charge is 0.0190 e. The van der Waals surface area contributed by atoms with Crippen molar-refractivity contribution in [2.75, 3.05) is 0 Å². The number of benzene rings is 2. The van der Waals surface area contributed by atoms with E-state index in [1.54, 1.807) is 0 Å². The maximum Gasteiger partial charge on any atom is 0.0190 e. The van der Waals surface area contributed by atoms with Gasteiger partial charge >= 0.3 is 0 Å². The largest absolute Gasteiger partial charge is 0.327 e. The number of hydrogen-bond acceptors (Lipinski definition) is 1. The van der Waals surface area contributed by atoms with Crippen LogP contribution < -0.4 is 5.73 Å². The Morgan fingerprint density at radius 3 is 1.38 bits per heavy atom. The van der Waals surface area contributed by atoms with Gasteiger partial charge in [0.15, 0.2) is 0 Å². The van der Waals surface area contributed by atoms with Crippen LogP contribution in [0.15, 0.2) is 60.7 Å². The van der Waals surface area contributed by atoms with Gasteiger partial charge in [0.05, 0.1) is 0 Å². The molecule has 0 aromatic heterocycles. The molecule has 1 aliphatic rings. The summed E-state index contributed by atoms with van der Waals surface area (Å²) in [4.78, 5) is 0. The van der Waals surface area contributed by atoms with Crippen molar-refractivity contribution in [1.82, 2.24) is 0 Å².